The number of rotatable bonds is 8. The Kier molecular flexibility index (Phi) is 8.13. The van der Waals surface area contributed by atoms with Crippen LogP contribution in [0.5, 0.6) is 11.5 Å². The molecule has 0 aliphatic carbocycles. The van der Waals surface area contributed by atoms with Gasteiger partial charge in [0, 0.05) is 31.6 Å². The second kappa shape index (κ2) is 11.0. The molecule has 1 N–H and O–H groups in total. The topological polar surface area (TPSA) is 80.8 Å². The first kappa shape index (κ1) is 24.3. The molecule has 2 aromatic rings. The molecule has 1 aliphatic rings. The van der Waals surface area contributed by atoms with Crippen molar-refractivity contribution in [3.8, 4) is 11.5 Å². The molecule has 33 heavy (non-hydrogen) atoms. The van der Waals surface area contributed by atoms with Crippen molar-refractivity contribution in [1.29, 1.82) is 0 Å². The van der Waals surface area contributed by atoms with Gasteiger partial charge in [0.05, 0.1) is 7.11 Å². The van der Waals surface area contributed by atoms with E-state index in [0.717, 1.165) is 5.56 Å². The SMILES string of the molecule is COc1cc(CCC(=O)N2CCC(C(=O)Nc3ccccn3)CC2)ccc1OCC(F)(F)F. The van der Waals surface area contributed by atoms with Gasteiger partial charge < -0.3 is 19.7 Å². The lowest BCUT2D eigenvalue weighted by Gasteiger charge is -2.31. The van der Waals surface area contributed by atoms with E-state index in [4.69, 9.17) is 9.47 Å². The van der Waals surface area contributed by atoms with E-state index in [1.807, 2.05) is 0 Å². The van der Waals surface area contributed by atoms with Crippen LogP contribution < -0.4 is 14.8 Å². The number of hydrogen-bond donors (Lipinski definition) is 1. The van der Waals surface area contributed by atoms with E-state index in [9.17, 15) is 22.8 Å². The minimum absolute atomic E-state index is 0.00375. The molecule has 178 valence electrons. The van der Waals surface area contributed by atoms with Crippen molar-refractivity contribution < 1.29 is 32.2 Å². The first-order chi connectivity index (χ1) is 15.7. The molecule has 1 saturated heterocycles. The lowest BCUT2D eigenvalue weighted by molar-refractivity contribution is -0.153. The Morgan fingerprint density at radius 2 is 1.91 bits per heavy atom. The van der Waals surface area contributed by atoms with Crippen molar-refractivity contribution in [2.24, 2.45) is 5.92 Å². The summed E-state index contributed by atoms with van der Waals surface area (Å²) in [6.07, 6.45) is -1.03. The first-order valence-corrected chi connectivity index (χ1v) is 10.6. The third-order valence-corrected chi connectivity index (χ3v) is 5.38. The molecule has 0 unspecified atom stereocenters. The molecule has 2 amide bonds. The number of amides is 2. The number of aryl methyl sites for hydroxylation is 1. The molecule has 0 atom stereocenters. The number of benzene rings is 1. The number of nitrogens with one attached hydrogen (secondary N) is 1. The largest absolute Gasteiger partial charge is 0.493 e. The zero-order valence-electron chi connectivity index (χ0n) is 18.2. The van der Waals surface area contributed by atoms with Crippen LogP contribution in [0.3, 0.4) is 0 Å². The Balaban J connectivity index is 1.46. The molecule has 7 nitrogen and oxygen atoms in total. The number of methoxy groups -OCH3 is 1. The maximum absolute atomic E-state index is 12.6. The normalized spacial score (nSPS) is 14.6. The van der Waals surface area contributed by atoms with Crippen molar-refractivity contribution >= 4 is 17.6 Å². The van der Waals surface area contributed by atoms with E-state index in [2.05, 4.69) is 10.3 Å². The highest BCUT2D eigenvalue weighted by molar-refractivity contribution is 5.91. The van der Waals surface area contributed by atoms with Crippen molar-refractivity contribution in [3.05, 3.63) is 48.2 Å². The van der Waals surface area contributed by atoms with Gasteiger partial charge >= 0.3 is 6.18 Å². The molecule has 0 radical (unpaired) electrons. The number of likely N-dealkylation sites (tertiary alicyclic amines) is 1. The van der Waals surface area contributed by atoms with Crippen molar-refractivity contribution in [3.63, 3.8) is 0 Å². The fourth-order valence-corrected chi connectivity index (χ4v) is 3.61. The van der Waals surface area contributed by atoms with Crippen LogP contribution in [0.25, 0.3) is 0 Å². The number of carbonyl (C=O) groups excluding carboxylic acids is 2. The number of aromatic nitrogens is 1. The van der Waals surface area contributed by atoms with Gasteiger partial charge in [-0.1, -0.05) is 12.1 Å². The number of ether oxygens (including phenoxy) is 2. The number of anilines is 1. The highest BCUT2D eigenvalue weighted by Gasteiger charge is 2.29. The summed E-state index contributed by atoms with van der Waals surface area (Å²) in [7, 11) is 1.35. The van der Waals surface area contributed by atoms with Gasteiger partial charge in [0.15, 0.2) is 18.1 Å². The third kappa shape index (κ3) is 7.37. The molecule has 1 fully saturated rings. The van der Waals surface area contributed by atoms with Crippen molar-refractivity contribution in [2.75, 3.05) is 32.1 Å². The van der Waals surface area contributed by atoms with Crippen LogP contribution in [0, 0.1) is 5.92 Å². The maximum atomic E-state index is 12.6. The van der Waals surface area contributed by atoms with E-state index in [1.165, 1.54) is 13.2 Å². The fraction of sp³-hybridized carbons (Fsp3) is 0.435. The molecule has 3 rings (SSSR count). The second-order valence-corrected chi connectivity index (χ2v) is 7.75. The van der Waals surface area contributed by atoms with E-state index >= 15 is 0 Å². The lowest BCUT2D eigenvalue weighted by Crippen LogP contribution is -2.41. The van der Waals surface area contributed by atoms with Crippen molar-refractivity contribution in [2.45, 2.75) is 31.9 Å². The molecule has 0 bridgehead atoms. The quantitative estimate of drug-likeness (QED) is 0.641. The molecule has 10 heteroatoms. The molecule has 1 aromatic heterocycles. The maximum Gasteiger partial charge on any atom is 0.422 e. The van der Waals surface area contributed by atoms with E-state index in [-0.39, 0.29) is 35.7 Å². The van der Waals surface area contributed by atoms with Gasteiger partial charge in [0.25, 0.3) is 0 Å². The molecule has 0 saturated carbocycles. The zero-order chi connectivity index (χ0) is 23.8. The van der Waals surface area contributed by atoms with Gasteiger partial charge in [-0.3, -0.25) is 9.59 Å². The predicted molar refractivity (Wildman–Crippen MR) is 115 cm³/mol. The number of halogens is 3. The predicted octanol–water partition coefficient (Wildman–Crippen LogP) is 3.84. The number of alkyl halides is 3. The average molecular weight is 465 g/mol. The van der Waals surface area contributed by atoms with Crippen LogP contribution in [-0.2, 0) is 16.0 Å². The van der Waals surface area contributed by atoms with Gasteiger partial charge in [-0.2, -0.15) is 13.2 Å². The van der Waals surface area contributed by atoms with E-state index in [1.54, 1.807) is 41.4 Å². The van der Waals surface area contributed by atoms with E-state index < -0.39 is 12.8 Å². The summed E-state index contributed by atoms with van der Waals surface area (Å²) in [5, 5.41) is 2.80. The average Bonchev–Trinajstić information content (AvgIpc) is 2.81. The molecule has 0 spiro atoms. The zero-order valence-corrected chi connectivity index (χ0v) is 18.2. The Morgan fingerprint density at radius 3 is 2.55 bits per heavy atom. The Bertz CT molecular complexity index is 946. The summed E-state index contributed by atoms with van der Waals surface area (Å²) in [4.78, 5) is 30.8. The summed E-state index contributed by atoms with van der Waals surface area (Å²) < 4.78 is 47.0. The highest BCUT2D eigenvalue weighted by atomic mass is 19.4. The summed E-state index contributed by atoms with van der Waals surface area (Å²) >= 11 is 0. The van der Waals surface area contributed by atoms with Gasteiger partial charge in [-0.25, -0.2) is 4.98 Å². The molecule has 2 heterocycles. The Hall–Kier alpha value is -3.30. The Labute approximate surface area is 189 Å². The summed E-state index contributed by atoms with van der Waals surface area (Å²) in [5.74, 6) is 0.381. The van der Waals surface area contributed by atoms with Gasteiger partial charge in [0.1, 0.15) is 5.82 Å². The number of piperidine rings is 1. The van der Waals surface area contributed by atoms with Gasteiger partial charge in [0.2, 0.25) is 11.8 Å². The molecular formula is C23H26F3N3O4. The highest BCUT2D eigenvalue weighted by Crippen LogP contribution is 2.30. The van der Waals surface area contributed by atoms with Crippen LogP contribution >= 0.6 is 0 Å². The number of carbonyl (C=O) groups is 2. The van der Waals surface area contributed by atoms with Crippen LogP contribution in [-0.4, -0.2) is 54.7 Å². The van der Waals surface area contributed by atoms with E-state index in [0.29, 0.717) is 38.2 Å². The number of hydrogen-bond acceptors (Lipinski definition) is 5. The van der Waals surface area contributed by atoms with Crippen LogP contribution in [0.2, 0.25) is 0 Å². The Morgan fingerprint density at radius 1 is 1.15 bits per heavy atom. The summed E-state index contributed by atoms with van der Waals surface area (Å²) in [6, 6.07) is 9.90. The summed E-state index contributed by atoms with van der Waals surface area (Å²) in [6.45, 7) is -0.420. The minimum Gasteiger partial charge on any atom is -0.493 e. The molecule has 1 aliphatic heterocycles. The van der Waals surface area contributed by atoms with Crippen molar-refractivity contribution in [1.82, 2.24) is 9.88 Å². The standard InChI is InChI=1S/C23H26F3N3O4/c1-32-19-14-16(5-7-18(19)33-15-23(24,25)26)6-8-21(30)29-12-9-17(10-13-29)22(31)28-20-4-2-3-11-27-20/h2-5,7,11,14,17H,6,8-10,12-13,15H2,1H3,(H,27,28,31). The second-order valence-electron chi connectivity index (χ2n) is 7.75. The van der Waals surface area contributed by atoms with Crippen LogP contribution in [0.1, 0.15) is 24.8 Å². The summed E-state index contributed by atoms with van der Waals surface area (Å²) in [5.41, 5.74) is 0.754. The monoisotopic (exact) mass is 465 g/mol. The fourth-order valence-electron chi connectivity index (χ4n) is 3.61. The number of pyridine rings is 1. The lowest BCUT2D eigenvalue weighted by atomic mass is 9.95. The molecule has 1 aromatic carbocycles. The molecular weight excluding hydrogens is 439 g/mol. The van der Waals surface area contributed by atoms with Crippen LogP contribution in [0.15, 0.2) is 42.6 Å². The van der Waals surface area contributed by atoms with Gasteiger partial charge in [-0.15, -0.1) is 0 Å². The third-order valence-electron chi connectivity index (χ3n) is 5.38. The van der Waals surface area contributed by atoms with Crippen LogP contribution in [0.4, 0.5) is 19.0 Å². The van der Waals surface area contributed by atoms with Gasteiger partial charge in [-0.05, 0) is 49.1 Å². The smallest absolute Gasteiger partial charge is 0.422 e. The first-order valence-electron chi connectivity index (χ1n) is 10.6. The number of nitrogens with zero attached hydrogens (tertiary/aromatic N) is 2. The minimum atomic E-state index is -4.44.